The molecule has 0 aliphatic heterocycles. The maximum absolute atomic E-state index is 4.82. The van der Waals surface area contributed by atoms with Gasteiger partial charge < -0.3 is 4.42 Å². The minimum Gasteiger partial charge on any atom is -0.451 e. The van der Waals surface area contributed by atoms with Crippen LogP contribution in [0.25, 0.3) is 12.2 Å². The molecule has 0 bridgehead atoms. The van der Waals surface area contributed by atoms with Crippen LogP contribution in [0, 0.1) is 0 Å². The number of thiazole rings is 1. The first-order chi connectivity index (χ1) is 6.34. The van der Waals surface area contributed by atoms with Crippen molar-refractivity contribution >= 4 is 39.4 Å². The van der Waals surface area contributed by atoms with Crippen LogP contribution in [-0.4, -0.2) is 9.97 Å². The third-order valence-corrected chi connectivity index (χ3v) is 2.78. The maximum atomic E-state index is 4.82. The number of hydrogen-bond donors (Lipinski definition) is 0. The number of hydrogen-bond acceptors (Lipinski definition) is 4. The van der Waals surface area contributed by atoms with Gasteiger partial charge in [0.15, 0.2) is 6.39 Å². The molecule has 2 heterocycles. The lowest BCUT2D eigenvalue weighted by atomic mass is 10.4. The molecule has 0 spiro atoms. The molecule has 0 saturated carbocycles. The van der Waals surface area contributed by atoms with Crippen LogP contribution in [0.15, 0.2) is 27.1 Å². The van der Waals surface area contributed by atoms with E-state index in [2.05, 4.69) is 25.9 Å². The van der Waals surface area contributed by atoms with Crippen molar-refractivity contribution in [3.63, 3.8) is 0 Å². The molecule has 66 valence electrons. The standard InChI is InChI=1S/C8H5BrN2OS/c9-7-3-10-8(13-7)2-1-6-4-12-5-11-6/h1-5H/b2-1+. The van der Waals surface area contributed by atoms with E-state index in [1.807, 2.05) is 12.2 Å². The summed E-state index contributed by atoms with van der Waals surface area (Å²) in [6.45, 7) is 0. The normalized spacial score (nSPS) is 11.2. The molecule has 5 heteroatoms. The first kappa shape index (κ1) is 8.65. The fraction of sp³-hybridized carbons (Fsp3) is 0. The molecule has 0 aliphatic rings. The van der Waals surface area contributed by atoms with Crippen LogP contribution < -0.4 is 0 Å². The quantitative estimate of drug-likeness (QED) is 0.829. The van der Waals surface area contributed by atoms with E-state index in [1.54, 1.807) is 23.8 Å². The summed E-state index contributed by atoms with van der Waals surface area (Å²) in [4.78, 5) is 8.09. The number of aromatic nitrogens is 2. The highest BCUT2D eigenvalue weighted by atomic mass is 79.9. The highest BCUT2D eigenvalue weighted by Gasteiger charge is 1.94. The van der Waals surface area contributed by atoms with Gasteiger partial charge in [-0.1, -0.05) is 0 Å². The molecule has 2 rings (SSSR count). The number of halogens is 1. The molecule has 0 atom stereocenters. The minimum atomic E-state index is 0.798. The van der Waals surface area contributed by atoms with Crippen LogP contribution in [0.5, 0.6) is 0 Å². The van der Waals surface area contributed by atoms with Gasteiger partial charge in [-0.25, -0.2) is 9.97 Å². The van der Waals surface area contributed by atoms with E-state index in [1.165, 1.54) is 6.39 Å². The Morgan fingerprint density at radius 3 is 2.92 bits per heavy atom. The van der Waals surface area contributed by atoms with Gasteiger partial charge >= 0.3 is 0 Å². The average molecular weight is 257 g/mol. The third-order valence-electron chi connectivity index (χ3n) is 1.34. The Kier molecular flexibility index (Phi) is 2.56. The second-order valence-corrected chi connectivity index (χ2v) is 4.69. The van der Waals surface area contributed by atoms with E-state index in [0.29, 0.717) is 0 Å². The van der Waals surface area contributed by atoms with Gasteiger partial charge in [0.1, 0.15) is 17.0 Å². The zero-order valence-electron chi connectivity index (χ0n) is 6.48. The molecule has 3 nitrogen and oxygen atoms in total. The predicted octanol–water partition coefficient (Wildman–Crippen LogP) is 3.06. The number of nitrogens with zero attached hydrogens (tertiary/aromatic N) is 2. The Morgan fingerprint density at radius 1 is 1.38 bits per heavy atom. The molecule has 0 aliphatic carbocycles. The second-order valence-electron chi connectivity index (χ2n) is 2.25. The lowest BCUT2D eigenvalue weighted by Crippen LogP contribution is -1.68. The van der Waals surface area contributed by atoms with Crippen molar-refractivity contribution in [1.82, 2.24) is 9.97 Å². The predicted molar refractivity (Wildman–Crippen MR) is 55.2 cm³/mol. The fourth-order valence-electron chi connectivity index (χ4n) is 0.805. The molecular formula is C8H5BrN2OS. The molecule has 0 unspecified atom stereocenters. The van der Waals surface area contributed by atoms with E-state index >= 15 is 0 Å². The molecule has 0 amide bonds. The van der Waals surface area contributed by atoms with E-state index in [0.717, 1.165) is 14.5 Å². The van der Waals surface area contributed by atoms with Gasteiger partial charge in [-0.05, 0) is 28.1 Å². The Morgan fingerprint density at radius 2 is 2.31 bits per heavy atom. The molecule has 0 radical (unpaired) electrons. The molecule has 0 saturated heterocycles. The summed E-state index contributed by atoms with van der Waals surface area (Å²) in [5.74, 6) is 0. The second kappa shape index (κ2) is 3.85. The van der Waals surface area contributed by atoms with Gasteiger partial charge in [0.05, 0.1) is 9.98 Å². The Hall–Kier alpha value is -0.940. The summed E-state index contributed by atoms with van der Waals surface area (Å²) >= 11 is 4.91. The van der Waals surface area contributed by atoms with Gasteiger partial charge in [-0.2, -0.15) is 0 Å². The SMILES string of the molecule is Brc1cnc(/C=C/c2cocn2)s1. The fourth-order valence-corrected chi connectivity index (χ4v) is 1.95. The van der Waals surface area contributed by atoms with Crippen LogP contribution in [0.4, 0.5) is 0 Å². The van der Waals surface area contributed by atoms with Crippen molar-refractivity contribution < 1.29 is 4.42 Å². The van der Waals surface area contributed by atoms with Gasteiger partial charge in [0.2, 0.25) is 0 Å². The van der Waals surface area contributed by atoms with Crippen LogP contribution in [0.3, 0.4) is 0 Å². The summed E-state index contributed by atoms with van der Waals surface area (Å²) in [5, 5.41) is 0.940. The minimum absolute atomic E-state index is 0.798. The smallest absolute Gasteiger partial charge is 0.181 e. The van der Waals surface area contributed by atoms with Crippen molar-refractivity contribution in [2.75, 3.05) is 0 Å². The summed E-state index contributed by atoms with van der Waals surface area (Å²) in [5.41, 5.74) is 0.798. The lowest BCUT2D eigenvalue weighted by molar-refractivity contribution is 0.557. The van der Waals surface area contributed by atoms with Crippen molar-refractivity contribution in [1.29, 1.82) is 0 Å². The maximum Gasteiger partial charge on any atom is 0.181 e. The monoisotopic (exact) mass is 256 g/mol. The summed E-state index contributed by atoms with van der Waals surface area (Å²) < 4.78 is 5.84. The van der Waals surface area contributed by atoms with Gasteiger partial charge in [-0.3, -0.25) is 0 Å². The van der Waals surface area contributed by atoms with E-state index in [9.17, 15) is 0 Å². The Balaban J connectivity index is 2.14. The topological polar surface area (TPSA) is 38.9 Å². The van der Waals surface area contributed by atoms with Crippen molar-refractivity contribution in [3.8, 4) is 0 Å². The third kappa shape index (κ3) is 2.26. The highest BCUT2D eigenvalue weighted by molar-refractivity contribution is 9.11. The summed E-state index contributed by atoms with van der Waals surface area (Å²) in [6.07, 6.45) is 8.51. The summed E-state index contributed by atoms with van der Waals surface area (Å²) in [7, 11) is 0. The largest absolute Gasteiger partial charge is 0.451 e. The van der Waals surface area contributed by atoms with Crippen LogP contribution >= 0.6 is 27.3 Å². The Labute approximate surface area is 87.3 Å². The van der Waals surface area contributed by atoms with Crippen molar-refractivity contribution in [3.05, 3.63) is 33.3 Å². The van der Waals surface area contributed by atoms with Crippen molar-refractivity contribution in [2.24, 2.45) is 0 Å². The highest BCUT2D eigenvalue weighted by Crippen LogP contribution is 2.20. The first-order valence-corrected chi connectivity index (χ1v) is 5.13. The Bertz CT molecular complexity index is 407. The zero-order chi connectivity index (χ0) is 9.10. The van der Waals surface area contributed by atoms with E-state index in [-0.39, 0.29) is 0 Å². The molecule has 0 aromatic carbocycles. The van der Waals surface area contributed by atoms with E-state index in [4.69, 9.17) is 4.42 Å². The molecule has 0 fully saturated rings. The molecule has 0 N–H and O–H groups in total. The molecular weight excluding hydrogens is 252 g/mol. The van der Waals surface area contributed by atoms with Crippen molar-refractivity contribution in [2.45, 2.75) is 0 Å². The molecule has 2 aromatic heterocycles. The molecule has 2 aromatic rings. The van der Waals surface area contributed by atoms with Gasteiger partial charge in [0, 0.05) is 0 Å². The zero-order valence-corrected chi connectivity index (χ0v) is 8.88. The van der Waals surface area contributed by atoms with Crippen LogP contribution in [0.1, 0.15) is 10.7 Å². The summed E-state index contributed by atoms with van der Waals surface area (Å²) in [6, 6.07) is 0. The van der Waals surface area contributed by atoms with Gasteiger partial charge in [-0.15, -0.1) is 11.3 Å². The first-order valence-electron chi connectivity index (χ1n) is 3.52. The number of rotatable bonds is 2. The number of oxazole rings is 1. The van der Waals surface area contributed by atoms with Crippen LogP contribution in [0.2, 0.25) is 0 Å². The average Bonchev–Trinajstić information content (AvgIpc) is 2.71. The van der Waals surface area contributed by atoms with Gasteiger partial charge in [0.25, 0.3) is 0 Å². The molecule has 13 heavy (non-hydrogen) atoms. The van der Waals surface area contributed by atoms with Crippen LogP contribution in [-0.2, 0) is 0 Å². The lowest BCUT2D eigenvalue weighted by Gasteiger charge is -1.79. The van der Waals surface area contributed by atoms with E-state index < -0.39 is 0 Å².